The first-order chi connectivity index (χ1) is 8.16. The zero-order valence-electron chi connectivity index (χ0n) is 9.47. The number of hydrogen-bond acceptors (Lipinski definition) is 3. The summed E-state index contributed by atoms with van der Waals surface area (Å²) in [6.07, 6.45) is 0. The fourth-order valence-corrected chi connectivity index (χ4v) is 1.49. The van der Waals surface area contributed by atoms with Crippen molar-refractivity contribution < 1.29 is 4.79 Å². The molecule has 4 heteroatoms. The number of hydrogen-bond donors (Lipinski definition) is 2. The van der Waals surface area contributed by atoms with Gasteiger partial charge in [0, 0.05) is 11.4 Å². The van der Waals surface area contributed by atoms with Crippen LogP contribution in [0.1, 0.15) is 16.1 Å². The lowest BCUT2D eigenvalue weighted by Crippen LogP contribution is -2.15. The molecule has 4 nitrogen and oxygen atoms in total. The number of carbonyl (C=O) groups is 1. The number of nitrogens with zero attached hydrogens (tertiary/aromatic N) is 1. The van der Waals surface area contributed by atoms with Crippen molar-refractivity contribution in [3.63, 3.8) is 0 Å². The first kappa shape index (κ1) is 11.1. The van der Waals surface area contributed by atoms with Gasteiger partial charge < -0.3 is 11.1 Å². The summed E-state index contributed by atoms with van der Waals surface area (Å²) in [6.45, 7) is 1.83. The van der Waals surface area contributed by atoms with Gasteiger partial charge in [-0.3, -0.25) is 4.79 Å². The fraction of sp³-hybridized carbons (Fsp3) is 0.0769. The lowest BCUT2D eigenvalue weighted by Gasteiger charge is -2.07. The molecule has 1 aromatic carbocycles. The van der Waals surface area contributed by atoms with Crippen molar-refractivity contribution in [2.24, 2.45) is 0 Å². The lowest BCUT2D eigenvalue weighted by molar-refractivity contribution is 0.102. The molecule has 0 saturated heterocycles. The highest BCUT2D eigenvalue weighted by molar-refractivity contribution is 6.07. The molecular formula is C13H13N3O. The van der Waals surface area contributed by atoms with Gasteiger partial charge in [-0.15, -0.1) is 0 Å². The Morgan fingerprint density at radius 1 is 1.18 bits per heavy atom. The van der Waals surface area contributed by atoms with Crippen LogP contribution >= 0.6 is 0 Å². The number of nitrogen functional groups attached to an aromatic ring is 1. The molecule has 0 spiro atoms. The molecule has 0 saturated carbocycles. The average molecular weight is 227 g/mol. The summed E-state index contributed by atoms with van der Waals surface area (Å²) in [5.41, 5.74) is 7.62. The minimum atomic E-state index is -0.249. The number of nitrogens with one attached hydrogen (secondary N) is 1. The van der Waals surface area contributed by atoms with Gasteiger partial charge in [-0.25, -0.2) is 4.98 Å². The maximum Gasteiger partial charge on any atom is 0.259 e. The van der Waals surface area contributed by atoms with E-state index >= 15 is 0 Å². The van der Waals surface area contributed by atoms with Crippen LogP contribution < -0.4 is 11.1 Å². The Kier molecular flexibility index (Phi) is 3.05. The van der Waals surface area contributed by atoms with Crippen LogP contribution in [0.4, 0.5) is 11.5 Å². The smallest absolute Gasteiger partial charge is 0.259 e. The molecule has 0 radical (unpaired) electrons. The van der Waals surface area contributed by atoms with E-state index in [1.807, 2.05) is 37.3 Å². The van der Waals surface area contributed by atoms with E-state index in [1.54, 1.807) is 12.1 Å². The van der Waals surface area contributed by atoms with Crippen LogP contribution in [0.15, 0.2) is 42.5 Å². The SMILES string of the molecule is Cc1ccc(C(=O)Nc2ccccc2)c(N)n1. The molecule has 2 rings (SSSR count). The Morgan fingerprint density at radius 2 is 1.88 bits per heavy atom. The summed E-state index contributed by atoms with van der Waals surface area (Å²) < 4.78 is 0. The van der Waals surface area contributed by atoms with E-state index < -0.39 is 0 Å². The highest BCUT2D eigenvalue weighted by atomic mass is 16.1. The summed E-state index contributed by atoms with van der Waals surface area (Å²) in [4.78, 5) is 16.0. The van der Waals surface area contributed by atoms with Crippen molar-refractivity contribution in [3.8, 4) is 0 Å². The monoisotopic (exact) mass is 227 g/mol. The summed E-state index contributed by atoms with van der Waals surface area (Å²) in [6, 6.07) is 12.7. The highest BCUT2D eigenvalue weighted by Crippen LogP contribution is 2.13. The summed E-state index contributed by atoms with van der Waals surface area (Å²) in [5, 5.41) is 2.76. The first-order valence-electron chi connectivity index (χ1n) is 5.26. The molecule has 0 bridgehead atoms. The molecule has 1 heterocycles. The van der Waals surface area contributed by atoms with Crippen molar-refractivity contribution >= 4 is 17.4 Å². The number of anilines is 2. The van der Waals surface area contributed by atoms with Gasteiger partial charge in [0.15, 0.2) is 0 Å². The van der Waals surface area contributed by atoms with E-state index in [-0.39, 0.29) is 11.7 Å². The van der Waals surface area contributed by atoms with Gasteiger partial charge in [0.05, 0.1) is 5.56 Å². The molecule has 0 fully saturated rings. The van der Waals surface area contributed by atoms with Crippen molar-refractivity contribution in [1.82, 2.24) is 4.98 Å². The molecule has 1 aromatic heterocycles. The highest BCUT2D eigenvalue weighted by Gasteiger charge is 2.10. The molecule has 0 aliphatic heterocycles. The Labute approximate surface area is 99.5 Å². The molecule has 0 aliphatic carbocycles. The Bertz CT molecular complexity index is 538. The molecule has 3 N–H and O–H groups in total. The standard InChI is InChI=1S/C13H13N3O/c1-9-7-8-11(12(14)15-9)13(17)16-10-5-3-2-4-6-10/h2-8H,1H3,(H2,14,15)(H,16,17). The molecule has 1 amide bonds. The summed E-state index contributed by atoms with van der Waals surface area (Å²) in [5.74, 6) is -0.000342. The largest absolute Gasteiger partial charge is 0.383 e. The van der Waals surface area contributed by atoms with Gasteiger partial charge in [-0.2, -0.15) is 0 Å². The van der Waals surface area contributed by atoms with Gasteiger partial charge in [0.1, 0.15) is 5.82 Å². The van der Waals surface area contributed by atoms with E-state index in [0.29, 0.717) is 5.56 Å². The van der Waals surface area contributed by atoms with Crippen LogP contribution in [-0.2, 0) is 0 Å². The number of amides is 1. The maximum atomic E-state index is 11.9. The zero-order valence-corrected chi connectivity index (χ0v) is 9.47. The van der Waals surface area contributed by atoms with Gasteiger partial charge >= 0.3 is 0 Å². The summed E-state index contributed by atoms with van der Waals surface area (Å²) in [7, 11) is 0. The lowest BCUT2D eigenvalue weighted by atomic mass is 10.2. The maximum absolute atomic E-state index is 11.9. The Balaban J connectivity index is 2.21. The molecule has 86 valence electrons. The van der Waals surface area contributed by atoms with Crippen molar-refractivity contribution in [2.45, 2.75) is 6.92 Å². The number of carbonyl (C=O) groups excluding carboxylic acids is 1. The van der Waals surface area contributed by atoms with E-state index in [4.69, 9.17) is 5.73 Å². The molecule has 2 aromatic rings. The van der Waals surface area contributed by atoms with Gasteiger partial charge in [-0.05, 0) is 31.2 Å². The van der Waals surface area contributed by atoms with Crippen LogP contribution in [0.5, 0.6) is 0 Å². The van der Waals surface area contributed by atoms with E-state index in [9.17, 15) is 4.79 Å². The van der Waals surface area contributed by atoms with Crippen molar-refractivity contribution in [1.29, 1.82) is 0 Å². The van der Waals surface area contributed by atoms with Gasteiger partial charge in [0.2, 0.25) is 0 Å². The van der Waals surface area contributed by atoms with E-state index in [1.165, 1.54) is 0 Å². The van der Waals surface area contributed by atoms with Gasteiger partial charge in [0.25, 0.3) is 5.91 Å². The van der Waals surface area contributed by atoms with Crippen LogP contribution in [-0.4, -0.2) is 10.9 Å². The van der Waals surface area contributed by atoms with Crippen molar-refractivity contribution in [3.05, 3.63) is 53.7 Å². The number of aryl methyl sites for hydroxylation is 1. The Hall–Kier alpha value is -2.36. The third-order valence-corrected chi connectivity index (χ3v) is 2.34. The quantitative estimate of drug-likeness (QED) is 0.826. The predicted octanol–water partition coefficient (Wildman–Crippen LogP) is 2.22. The molecule has 17 heavy (non-hydrogen) atoms. The second-order valence-corrected chi connectivity index (χ2v) is 3.71. The third-order valence-electron chi connectivity index (χ3n) is 2.34. The van der Waals surface area contributed by atoms with Crippen LogP contribution in [0.25, 0.3) is 0 Å². The first-order valence-corrected chi connectivity index (χ1v) is 5.26. The van der Waals surface area contributed by atoms with Crippen LogP contribution in [0, 0.1) is 6.92 Å². The van der Waals surface area contributed by atoms with Gasteiger partial charge in [-0.1, -0.05) is 18.2 Å². The number of rotatable bonds is 2. The van der Waals surface area contributed by atoms with E-state index in [0.717, 1.165) is 11.4 Å². The Morgan fingerprint density at radius 3 is 2.53 bits per heavy atom. The fourth-order valence-electron chi connectivity index (χ4n) is 1.49. The topological polar surface area (TPSA) is 68.0 Å². The zero-order chi connectivity index (χ0) is 12.3. The minimum absolute atomic E-state index is 0.249. The second kappa shape index (κ2) is 4.65. The number of para-hydroxylation sites is 1. The minimum Gasteiger partial charge on any atom is -0.383 e. The number of benzene rings is 1. The number of nitrogens with two attached hydrogens (primary N) is 1. The molecule has 0 atom stereocenters. The molecule has 0 unspecified atom stereocenters. The summed E-state index contributed by atoms with van der Waals surface area (Å²) >= 11 is 0. The second-order valence-electron chi connectivity index (χ2n) is 3.71. The molecule has 0 aliphatic rings. The number of aromatic nitrogens is 1. The number of pyridine rings is 1. The van der Waals surface area contributed by atoms with Crippen LogP contribution in [0.2, 0.25) is 0 Å². The predicted molar refractivity (Wildman–Crippen MR) is 67.8 cm³/mol. The van der Waals surface area contributed by atoms with Crippen LogP contribution in [0.3, 0.4) is 0 Å². The third kappa shape index (κ3) is 2.60. The van der Waals surface area contributed by atoms with E-state index in [2.05, 4.69) is 10.3 Å². The molecular weight excluding hydrogens is 214 g/mol. The normalized spacial score (nSPS) is 9.94. The van der Waals surface area contributed by atoms with Crippen molar-refractivity contribution in [2.75, 3.05) is 11.1 Å². The average Bonchev–Trinajstić information content (AvgIpc) is 2.30.